The second-order valence-corrected chi connectivity index (χ2v) is 6.80. The van der Waals surface area contributed by atoms with E-state index in [0.717, 1.165) is 18.4 Å². The first kappa shape index (κ1) is 16.6. The normalized spacial score (nSPS) is 12.0. The van der Waals surface area contributed by atoms with Gasteiger partial charge < -0.3 is 0 Å². The zero-order valence-electron chi connectivity index (χ0n) is 12.8. The average Bonchev–Trinajstić information content (AvgIpc) is 3.05. The minimum Gasteiger partial charge on any atom is -0.237 e. The number of unbranched alkanes of at least 4 members (excludes halogenated alkanes) is 1. The van der Waals surface area contributed by atoms with E-state index in [4.69, 9.17) is 0 Å². The van der Waals surface area contributed by atoms with Crippen LogP contribution in [0, 0.1) is 0 Å². The average molecular weight is 323 g/mol. The van der Waals surface area contributed by atoms with Gasteiger partial charge in [-0.1, -0.05) is 19.4 Å². The van der Waals surface area contributed by atoms with Gasteiger partial charge in [-0.2, -0.15) is 22.5 Å². The second-order valence-electron chi connectivity index (χ2n) is 4.94. The van der Waals surface area contributed by atoms with Gasteiger partial charge in [0.05, 0.1) is 0 Å². The molecule has 0 bridgehead atoms. The quantitative estimate of drug-likeness (QED) is 0.795. The summed E-state index contributed by atoms with van der Waals surface area (Å²) in [4.78, 5) is 4.27. The van der Waals surface area contributed by atoms with Crippen LogP contribution in [0.25, 0.3) is 5.82 Å². The van der Waals surface area contributed by atoms with Gasteiger partial charge in [-0.05, 0) is 18.6 Å². The molecule has 0 atom stereocenters. The van der Waals surface area contributed by atoms with Gasteiger partial charge in [-0.15, -0.1) is 0 Å². The van der Waals surface area contributed by atoms with E-state index in [9.17, 15) is 8.42 Å². The lowest BCUT2D eigenvalue weighted by molar-refractivity contribution is 0.448. The molecule has 120 valence electrons. The van der Waals surface area contributed by atoms with Crippen molar-refractivity contribution in [2.45, 2.75) is 26.3 Å². The number of rotatable bonds is 8. The minimum absolute atomic E-state index is 0.168. The molecule has 0 unspecified atom stereocenters. The van der Waals surface area contributed by atoms with Gasteiger partial charge in [0.2, 0.25) is 0 Å². The molecule has 2 aromatic heterocycles. The number of hydrogen-bond acceptors (Lipinski definition) is 4. The summed E-state index contributed by atoms with van der Waals surface area (Å²) in [5.41, 5.74) is 0.763. The van der Waals surface area contributed by atoms with Crippen LogP contribution in [0.15, 0.2) is 36.8 Å². The molecule has 0 aliphatic carbocycles. The Bertz CT molecular complexity index is 685. The molecule has 2 rings (SSSR count). The molecule has 0 saturated carbocycles. The van der Waals surface area contributed by atoms with E-state index in [0.29, 0.717) is 12.4 Å². The van der Waals surface area contributed by atoms with Crippen molar-refractivity contribution in [2.75, 3.05) is 13.6 Å². The highest BCUT2D eigenvalue weighted by atomic mass is 32.2. The maximum atomic E-state index is 12.2. The summed E-state index contributed by atoms with van der Waals surface area (Å²) >= 11 is 0. The van der Waals surface area contributed by atoms with Crippen LogP contribution >= 0.6 is 0 Å². The van der Waals surface area contributed by atoms with Crippen LogP contribution in [0.5, 0.6) is 0 Å². The Balaban J connectivity index is 2.09. The number of aromatic nitrogens is 3. The predicted octanol–water partition coefficient (Wildman–Crippen LogP) is 1.33. The fraction of sp³-hybridized carbons (Fsp3) is 0.429. The number of hydrogen-bond donors (Lipinski definition) is 1. The van der Waals surface area contributed by atoms with Crippen molar-refractivity contribution in [1.82, 2.24) is 23.8 Å². The van der Waals surface area contributed by atoms with E-state index in [1.807, 2.05) is 13.0 Å². The zero-order chi connectivity index (χ0) is 16.0. The lowest BCUT2D eigenvalue weighted by Crippen LogP contribution is -2.38. The summed E-state index contributed by atoms with van der Waals surface area (Å²) in [7, 11) is -1.91. The van der Waals surface area contributed by atoms with Gasteiger partial charge in [0, 0.05) is 44.3 Å². The van der Waals surface area contributed by atoms with E-state index in [-0.39, 0.29) is 6.54 Å². The highest BCUT2D eigenvalue weighted by Gasteiger charge is 2.17. The van der Waals surface area contributed by atoms with E-state index in [1.54, 1.807) is 42.5 Å². The lowest BCUT2D eigenvalue weighted by atomic mass is 10.2. The maximum Gasteiger partial charge on any atom is 0.279 e. The second kappa shape index (κ2) is 7.48. The first-order valence-electron chi connectivity index (χ1n) is 7.19. The van der Waals surface area contributed by atoms with Crippen LogP contribution in [0.2, 0.25) is 0 Å². The van der Waals surface area contributed by atoms with Gasteiger partial charge in [0.15, 0.2) is 5.82 Å². The first-order chi connectivity index (χ1) is 10.5. The van der Waals surface area contributed by atoms with Crippen molar-refractivity contribution in [2.24, 2.45) is 0 Å². The third-order valence-corrected chi connectivity index (χ3v) is 4.78. The first-order valence-corrected chi connectivity index (χ1v) is 8.63. The summed E-state index contributed by atoms with van der Waals surface area (Å²) < 4.78 is 29.9. The van der Waals surface area contributed by atoms with Crippen molar-refractivity contribution < 1.29 is 8.42 Å². The number of nitrogens with one attached hydrogen (secondary N) is 1. The molecule has 1 N–H and O–H groups in total. The van der Waals surface area contributed by atoms with E-state index in [1.165, 1.54) is 4.31 Å². The fourth-order valence-corrected chi connectivity index (χ4v) is 2.88. The molecule has 2 aromatic rings. The van der Waals surface area contributed by atoms with Gasteiger partial charge in [0.25, 0.3) is 10.2 Å². The summed E-state index contributed by atoms with van der Waals surface area (Å²) in [6, 6.07) is 5.40. The Kier molecular flexibility index (Phi) is 5.64. The molecule has 0 spiro atoms. The van der Waals surface area contributed by atoms with E-state index >= 15 is 0 Å². The monoisotopic (exact) mass is 323 g/mol. The highest BCUT2D eigenvalue weighted by molar-refractivity contribution is 7.87. The Morgan fingerprint density at radius 3 is 2.82 bits per heavy atom. The number of pyridine rings is 1. The molecule has 0 aromatic carbocycles. The van der Waals surface area contributed by atoms with Crippen LogP contribution in [0.1, 0.15) is 25.3 Å². The molecule has 0 radical (unpaired) electrons. The highest BCUT2D eigenvalue weighted by Crippen LogP contribution is 2.10. The molecule has 0 saturated heterocycles. The molecular weight excluding hydrogens is 302 g/mol. The molecule has 0 aliphatic rings. The molecule has 0 amide bonds. The predicted molar refractivity (Wildman–Crippen MR) is 84.7 cm³/mol. The van der Waals surface area contributed by atoms with Crippen molar-refractivity contribution in [1.29, 1.82) is 0 Å². The van der Waals surface area contributed by atoms with Gasteiger partial charge in [0.1, 0.15) is 0 Å². The molecule has 0 fully saturated rings. The Labute approximate surface area is 131 Å². The third kappa shape index (κ3) is 4.12. The van der Waals surface area contributed by atoms with Crippen LogP contribution in [0.4, 0.5) is 0 Å². The zero-order valence-corrected chi connectivity index (χ0v) is 13.6. The SMILES string of the molecule is CCCCN(C)S(=O)(=O)NCc1cccnc1-n1cccn1. The summed E-state index contributed by atoms with van der Waals surface area (Å²) in [6.45, 7) is 2.70. The largest absolute Gasteiger partial charge is 0.279 e. The van der Waals surface area contributed by atoms with Crippen LogP contribution in [-0.2, 0) is 16.8 Å². The smallest absolute Gasteiger partial charge is 0.237 e. The van der Waals surface area contributed by atoms with Gasteiger partial charge >= 0.3 is 0 Å². The van der Waals surface area contributed by atoms with Crippen molar-refractivity contribution in [3.05, 3.63) is 42.4 Å². The molecule has 2 heterocycles. The Morgan fingerprint density at radius 1 is 1.32 bits per heavy atom. The lowest BCUT2D eigenvalue weighted by Gasteiger charge is -2.17. The van der Waals surface area contributed by atoms with E-state index in [2.05, 4.69) is 14.8 Å². The third-order valence-electron chi connectivity index (χ3n) is 3.27. The summed E-state index contributed by atoms with van der Waals surface area (Å²) in [6.07, 6.45) is 6.87. The summed E-state index contributed by atoms with van der Waals surface area (Å²) in [5, 5.41) is 4.13. The van der Waals surface area contributed by atoms with Crippen molar-refractivity contribution in [3.8, 4) is 5.82 Å². The topological polar surface area (TPSA) is 80.1 Å². The van der Waals surface area contributed by atoms with Crippen LogP contribution in [-0.4, -0.2) is 41.1 Å². The van der Waals surface area contributed by atoms with E-state index < -0.39 is 10.2 Å². The number of nitrogens with zero attached hydrogens (tertiary/aromatic N) is 4. The van der Waals surface area contributed by atoms with Crippen LogP contribution in [0.3, 0.4) is 0 Å². The Hall–Kier alpha value is -1.77. The van der Waals surface area contributed by atoms with Gasteiger partial charge in [-0.3, -0.25) is 0 Å². The van der Waals surface area contributed by atoms with Crippen molar-refractivity contribution in [3.63, 3.8) is 0 Å². The molecule has 8 heteroatoms. The van der Waals surface area contributed by atoms with Crippen molar-refractivity contribution >= 4 is 10.2 Å². The fourth-order valence-electron chi connectivity index (χ4n) is 1.95. The molecule has 0 aliphatic heterocycles. The Morgan fingerprint density at radius 2 is 2.14 bits per heavy atom. The summed E-state index contributed by atoms with van der Waals surface area (Å²) in [5.74, 6) is 0.617. The van der Waals surface area contributed by atoms with Gasteiger partial charge in [-0.25, -0.2) is 9.67 Å². The van der Waals surface area contributed by atoms with Crippen LogP contribution < -0.4 is 4.72 Å². The molecule has 7 nitrogen and oxygen atoms in total. The molecular formula is C14H21N5O2S. The molecule has 22 heavy (non-hydrogen) atoms. The maximum absolute atomic E-state index is 12.2. The minimum atomic E-state index is -3.49. The standard InChI is InChI=1S/C14H21N5O2S/c1-3-4-10-18(2)22(20,21)17-12-13-7-5-8-15-14(13)19-11-6-9-16-19/h5-9,11,17H,3-4,10,12H2,1-2H3.